The molecule has 360 valence electrons. The average Bonchev–Trinajstić information content (AvgIpc) is 3.27. The first-order valence-corrected chi connectivity index (χ1v) is 26.6. The zero-order valence-corrected chi connectivity index (χ0v) is 41.1. The van der Waals surface area contributed by atoms with Crippen LogP contribution in [0.15, 0.2) is 48.6 Å². The summed E-state index contributed by atoms with van der Waals surface area (Å²) in [6.45, 7) is 6.50. The van der Waals surface area contributed by atoms with E-state index in [0.29, 0.717) is 19.3 Å². The van der Waals surface area contributed by atoms with E-state index in [2.05, 4.69) is 69.4 Å². The zero-order valence-electron chi connectivity index (χ0n) is 41.1. The van der Waals surface area contributed by atoms with Gasteiger partial charge >= 0.3 is 17.9 Å². The van der Waals surface area contributed by atoms with E-state index in [4.69, 9.17) is 14.2 Å². The van der Waals surface area contributed by atoms with Crippen molar-refractivity contribution < 1.29 is 28.6 Å². The molecule has 0 saturated carbocycles. The van der Waals surface area contributed by atoms with Gasteiger partial charge < -0.3 is 14.2 Å². The fraction of sp³-hybridized carbons (Fsp3) is 0.804. The summed E-state index contributed by atoms with van der Waals surface area (Å²) in [5.41, 5.74) is 0. The fourth-order valence-electron chi connectivity index (χ4n) is 7.61. The predicted octanol–water partition coefficient (Wildman–Crippen LogP) is 17.5. The number of allylic oxidation sites excluding steroid dienone is 8. The molecule has 1 unspecified atom stereocenters. The van der Waals surface area contributed by atoms with Crippen LogP contribution in [0.5, 0.6) is 0 Å². The molecule has 0 bridgehead atoms. The lowest BCUT2D eigenvalue weighted by atomic mass is 10.0. The second kappa shape index (κ2) is 51.0. The summed E-state index contributed by atoms with van der Waals surface area (Å²) in [6, 6.07) is 0. The van der Waals surface area contributed by atoms with Crippen LogP contribution >= 0.6 is 0 Å². The van der Waals surface area contributed by atoms with Crippen LogP contribution in [0.4, 0.5) is 0 Å². The number of hydrogen-bond acceptors (Lipinski definition) is 6. The first kappa shape index (κ1) is 59.4. The van der Waals surface area contributed by atoms with Crippen LogP contribution in [-0.4, -0.2) is 37.2 Å². The topological polar surface area (TPSA) is 78.9 Å². The minimum absolute atomic E-state index is 0.0696. The van der Waals surface area contributed by atoms with E-state index in [9.17, 15) is 14.4 Å². The Morgan fingerprint density at radius 1 is 0.339 bits per heavy atom. The van der Waals surface area contributed by atoms with Gasteiger partial charge in [0, 0.05) is 19.3 Å². The van der Waals surface area contributed by atoms with E-state index >= 15 is 0 Å². The minimum Gasteiger partial charge on any atom is -0.462 e. The summed E-state index contributed by atoms with van der Waals surface area (Å²) in [7, 11) is 0. The van der Waals surface area contributed by atoms with Crippen molar-refractivity contribution in [1.29, 1.82) is 0 Å². The fourth-order valence-corrected chi connectivity index (χ4v) is 7.61. The van der Waals surface area contributed by atoms with Crippen LogP contribution in [0, 0.1) is 0 Å². The number of carbonyl (C=O) groups is 3. The van der Waals surface area contributed by atoms with Gasteiger partial charge in [0.25, 0.3) is 0 Å². The maximum atomic E-state index is 12.7. The van der Waals surface area contributed by atoms with Crippen molar-refractivity contribution in [3.05, 3.63) is 48.6 Å². The third-order valence-corrected chi connectivity index (χ3v) is 11.6. The molecule has 0 saturated heterocycles. The predicted molar refractivity (Wildman–Crippen MR) is 265 cm³/mol. The SMILES string of the molecule is CC/C=C\C/C=C\C/C=C\C/C=C\CCCCCCCCCCCCCCC(=O)OCC(COC(=O)CCCCCCCCCC)OC(=O)CCCCCCCCCCCCC. The molecule has 0 aromatic carbocycles. The first-order valence-electron chi connectivity index (χ1n) is 26.6. The molecule has 0 aliphatic rings. The molecule has 0 aliphatic carbocycles. The highest BCUT2D eigenvalue weighted by molar-refractivity contribution is 5.71. The van der Waals surface area contributed by atoms with Gasteiger partial charge in [0.05, 0.1) is 0 Å². The number of ether oxygens (including phenoxy) is 3. The standard InChI is InChI=1S/C56H100O6/c1-4-7-10-13-16-19-21-22-23-24-25-26-27-28-29-30-31-32-33-34-36-37-40-43-46-49-55(58)61-52-53(51-60-54(57)48-45-42-39-18-15-12-9-6-3)62-56(59)50-47-44-41-38-35-20-17-14-11-8-5-2/h7,10,16,19,22-23,25-26,53H,4-6,8-9,11-15,17-18,20-21,24,27-52H2,1-3H3/b10-7-,19-16-,23-22-,26-25-. The van der Waals surface area contributed by atoms with Crippen LogP contribution in [0.1, 0.15) is 271 Å². The second-order valence-corrected chi connectivity index (χ2v) is 17.8. The molecule has 0 fully saturated rings. The van der Waals surface area contributed by atoms with Crippen LogP contribution in [-0.2, 0) is 28.6 Å². The Hall–Kier alpha value is -2.63. The van der Waals surface area contributed by atoms with Crippen molar-refractivity contribution in [3.8, 4) is 0 Å². The van der Waals surface area contributed by atoms with Crippen molar-refractivity contribution >= 4 is 17.9 Å². The second-order valence-electron chi connectivity index (χ2n) is 17.8. The van der Waals surface area contributed by atoms with Gasteiger partial charge in [-0.15, -0.1) is 0 Å². The molecular formula is C56H100O6. The van der Waals surface area contributed by atoms with Crippen molar-refractivity contribution in [2.24, 2.45) is 0 Å². The molecule has 1 atom stereocenters. The van der Waals surface area contributed by atoms with Gasteiger partial charge in [-0.05, 0) is 57.8 Å². The first-order chi connectivity index (χ1) is 30.5. The maximum Gasteiger partial charge on any atom is 0.306 e. The molecule has 6 nitrogen and oxygen atoms in total. The highest BCUT2D eigenvalue weighted by Crippen LogP contribution is 2.16. The summed E-state index contributed by atoms with van der Waals surface area (Å²) in [6.07, 6.45) is 61.2. The van der Waals surface area contributed by atoms with Crippen molar-refractivity contribution in [2.45, 2.75) is 277 Å². The van der Waals surface area contributed by atoms with Gasteiger partial charge in [-0.3, -0.25) is 14.4 Å². The molecular weight excluding hydrogens is 769 g/mol. The summed E-state index contributed by atoms with van der Waals surface area (Å²) < 4.78 is 16.7. The molecule has 0 N–H and O–H groups in total. The van der Waals surface area contributed by atoms with E-state index in [1.165, 1.54) is 148 Å². The Kier molecular flexibility index (Phi) is 48.8. The number of rotatable bonds is 48. The van der Waals surface area contributed by atoms with Gasteiger partial charge in [0.1, 0.15) is 13.2 Å². The molecule has 0 heterocycles. The van der Waals surface area contributed by atoms with Crippen LogP contribution in [0.3, 0.4) is 0 Å². The largest absolute Gasteiger partial charge is 0.462 e. The Morgan fingerprint density at radius 2 is 0.629 bits per heavy atom. The number of carbonyl (C=O) groups excluding carboxylic acids is 3. The highest BCUT2D eigenvalue weighted by atomic mass is 16.6. The van der Waals surface area contributed by atoms with Crippen LogP contribution in [0.2, 0.25) is 0 Å². The zero-order chi connectivity index (χ0) is 45.1. The van der Waals surface area contributed by atoms with E-state index in [-0.39, 0.29) is 31.1 Å². The van der Waals surface area contributed by atoms with Gasteiger partial charge in [-0.1, -0.05) is 243 Å². The average molecular weight is 869 g/mol. The van der Waals surface area contributed by atoms with Gasteiger partial charge in [-0.25, -0.2) is 0 Å². The monoisotopic (exact) mass is 869 g/mol. The van der Waals surface area contributed by atoms with E-state index < -0.39 is 6.10 Å². The quantitative estimate of drug-likeness (QED) is 0.0262. The summed E-state index contributed by atoms with van der Waals surface area (Å²) in [5.74, 6) is -0.868. The van der Waals surface area contributed by atoms with Gasteiger partial charge in [0.2, 0.25) is 0 Å². The molecule has 0 spiro atoms. The number of hydrogen-bond donors (Lipinski definition) is 0. The lowest BCUT2D eigenvalue weighted by molar-refractivity contribution is -0.167. The van der Waals surface area contributed by atoms with E-state index in [1.54, 1.807) is 0 Å². The van der Waals surface area contributed by atoms with Crippen LogP contribution < -0.4 is 0 Å². The molecule has 0 rings (SSSR count). The number of unbranched alkanes of at least 4 members (excludes halogenated alkanes) is 29. The summed E-state index contributed by atoms with van der Waals surface area (Å²) in [4.78, 5) is 37.8. The van der Waals surface area contributed by atoms with E-state index in [0.717, 1.165) is 83.5 Å². The Labute approximate surface area is 384 Å². The van der Waals surface area contributed by atoms with Gasteiger partial charge in [0.15, 0.2) is 6.10 Å². The Bertz CT molecular complexity index is 1090. The normalized spacial score (nSPS) is 12.4. The minimum atomic E-state index is -0.766. The molecule has 0 amide bonds. The smallest absolute Gasteiger partial charge is 0.306 e. The Morgan fingerprint density at radius 3 is 0.984 bits per heavy atom. The van der Waals surface area contributed by atoms with E-state index in [1.807, 2.05) is 0 Å². The molecule has 62 heavy (non-hydrogen) atoms. The van der Waals surface area contributed by atoms with Crippen molar-refractivity contribution in [3.63, 3.8) is 0 Å². The van der Waals surface area contributed by atoms with Crippen molar-refractivity contribution in [2.75, 3.05) is 13.2 Å². The van der Waals surface area contributed by atoms with Crippen LogP contribution in [0.25, 0.3) is 0 Å². The Balaban J connectivity index is 4.12. The van der Waals surface area contributed by atoms with Crippen molar-refractivity contribution in [1.82, 2.24) is 0 Å². The summed E-state index contributed by atoms with van der Waals surface area (Å²) in [5, 5.41) is 0. The number of esters is 3. The molecule has 0 radical (unpaired) electrons. The molecule has 0 aliphatic heterocycles. The molecule has 6 heteroatoms. The third kappa shape index (κ3) is 48.4. The lowest BCUT2D eigenvalue weighted by Gasteiger charge is -2.18. The summed E-state index contributed by atoms with van der Waals surface area (Å²) >= 11 is 0. The molecule has 0 aromatic rings. The third-order valence-electron chi connectivity index (χ3n) is 11.6. The van der Waals surface area contributed by atoms with Gasteiger partial charge in [-0.2, -0.15) is 0 Å². The lowest BCUT2D eigenvalue weighted by Crippen LogP contribution is -2.30. The highest BCUT2D eigenvalue weighted by Gasteiger charge is 2.19. The maximum absolute atomic E-state index is 12.7. The molecule has 0 aromatic heterocycles.